The van der Waals surface area contributed by atoms with E-state index < -0.39 is 0 Å². The maximum absolute atomic E-state index is 6.13. The van der Waals surface area contributed by atoms with Crippen molar-refractivity contribution in [3.63, 3.8) is 0 Å². The molecule has 0 aromatic heterocycles. The van der Waals surface area contributed by atoms with Crippen LogP contribution in [0.15, 0.2) is 36.4 Å². The molecule has 0 heterocycles. The van der Waals surface area contributed by atoms with Crippen LogP contribution in [0, 0.1) is 0 Å². The second kappa shape index (κ2) is 4.95. The normalized spacial score (nSPS) is 20.3. The third kappa shape index (κ3) is 3.12. The summed E-state index contributed by atoms with van der Waals surface area (Å²) in [5, 5.41) is 0. The van der Waals surface area contributed by atoms with Gasteiger partial charge in [0.05, 0.1) is 0 Å². The van der Waals surface area contributed by atoms with Crippen molar-refractivity contribution in [3.05, 3.63) is 42.0 Å². The molecule has 0 fully saturated rings. The zero-order valence-corrected chi connectivity index (χ0v) is 11.1. The van der Waals surface area contributed by atoms with Crippen molar-refractivity contribution in [2.45, 2.75) is 51.6 Å². The van der Waals surface area contributed by atoms with Gasteiger partial charge in [-0.1, -0.05) is 45.0 Å². The highest BCUT2D eigenvalue weighted by molar-refractivity contribution is 5.38. The van der Waals surface area contributed by atoms with Gasteiger partial charge >= 0.3 is 0 Å². The van der Waals surface area contributed by atoms with Gasteiger partial charge in [0.1, 0.15) is 11.9 Å². The van der Waals surface area contributed by atoms with Crippen LogP contribution in [0.2, 0.25) is 0 Å². The zero-order valence-electron chi connectivity index (χ0n) is 11.1. The second-order valence-electron chi connectivity index (χ2n) is 5.76. The van der Waals surface area contributed by atoms with E-state index in [0.29, 0.717) is 0 Å². The average Bonchev–Trinajstić information content (AvgIpc) is 2.30. The number of ether oxygens (including phenoxy) is 1. The first kappa shape index (κ1) is 12.2. The van der Waals surface area contributed by atoms with Gasteiger partial charge in [-0.3, -0.25) is 0 Å². The molecular formula is C16H22O. The molecule has 2 rings (SSSR count). The summed E-state index contributed by atoms with van der Waals surface area (Å²) in [4.78, 5) is 0. The van der Waals surface area contributed by atoms with Crippen molar-refractivity contribution in [3.8, 4) is 5.75 Å². The fraction of sp³-hybridized carbons (Fsp3) is 0.500. The minimum atomic E-state index is 0.134. The molecular weight excluding hydrogens is 208 g/mol. The third-order valence-corrected chi connectivity index (χ3v) is 3.18. The lowest BCUT2D eigenvalue weighted by Crippen LogP contribution is -2.19. The van der Waals surface area contributed by atoms with E-state index in [1.165, 1.54) is 18.4 Å². The molecule has 1 atom stereocenters. The summed E-state index contributed by atoms with van der Waals surface area (Å²) >= 11 is 0. The van der Waals surface area contributed by atoms with Gasteiger partial charge in [-0.05, 0) is 42.4 Å². The first-order chi connectivity index (χ1) is 8.07. The molecule has 0 bridgehead atoms. The van der Waals surface area contributed by atoms with Gasteiger partial charge in [-0.2, -0.15) is 0 Å². The van der Waals surface area contributed by atoms with E-state index in [9.17, 15) is 0 Å². The first-order valence-electron chi connectivity index (χ1n) is 6.50. The van der Waals surface area contributed by atoms with Gasteiger partial charge < -0.3 is 4.74 Å². The molecule has 0 N–H and O–H groups in total. The highest BCUT2D eigenvalue weighted by Crippen LogP contribution is 2.32. The summed E-state index contributed by atoms with van der Waals surface area (Å²) in [7, 11) is 0. The largest absolute Gasteiger partial charge is 0.486 e. The van der Waals surface area contributed by atoms with Crippen molar-refractivity contribution in [2.24, 2.45) is 0 Å². The lowest BCUT2D eigenvalue weighted by Gasteiger charge is -2.26. The van der Waals surface area contributed by atoms with Crippen LogP contribution >= 0.6 is 0 Å². The molecule has 0 saturated carbocycles. The van der Waals surface area contributed by atoms with Crippen molar-refractivity contribution in [2.75, 3.05) is 0 Å². The van der Waals surface area contributed by atoms with Crippen LogP contribution in [0.5, 0.6) is 5.75 Å². The van der Waals surface area contributed by atoms with Crippen molar-refractivity contribution in [1.82, 2.24) is 0 Å². The zero-order chi connectivity index (χ0) is 12.3. The van der Waals surface area contributed by atoms with Gasteiger partial charge in [-0.15, -0.1) is 0 Å². The topological polar surface area (TPSA) is 9.23 Å². The standard InChI is InChI=1S/C16H22O/c1-16(2,3)14-11-7-8-12-15(14)17-13-9-5-4-6-10-13/h5,7-9,11-13H,4,6,10H2,1-3H3. The number of benzene rings is 1. The van der Waals surface area contributed by atoms with Crippen LogP contribution in [-0.2, 0) is 5.41 Å². The van der Waals surface area contributed by atoms with E-state index in [0.717, 1.165) is 12.2 Å². The number of allylic oxidation sites excluding steroid dienone is 1. The summed E-state index contributed by atoms with van der Waals surface area (Å²) in [5.74, 6) is 1.04. The lowest BCUT2D eigenvalue weighted by atomic mass is 9.86. The Labute approximate surface area is 104 Å². The minimum Gasteiger partial charge on any atom is -0.486 e. The van der Waals surface area contributed by atoms with Gasteiger partial charge in [0, 0.05) is 0 Å². The summed E-state index contributed by atoms with van der Waals surface area (Å²) in [6.45, 7) is 6.68. The average molecular weight is 230 g/mol. The molecule has 0 spiro atoms. The van der Waals surface area contributed by atoms with Crippen LogP contribution in [-0.4, -0.2) is 6.10 Å². The van der Waals surface area contributed by atoms with E-state index >= 15 is 0 Å². The summed E-state index contributed by atoms with van der Waals surface area (Å²) in [6.07, 6.45) is 8.25. The molecule has 1 heteroatoms. The van der Waals surface area contributed by atoms with Crippen LogP contribution in [0.3, 0.4) is 0 Å². The molecule has 1 aromatic carbocycles. The third-order valence-electron chi connectivity index (χ3n) is 3.18. The molecule has 1 aliphatic rings. The molecule has 1 nitrogen and oxygen atoms in total. The Balaban J connectivity index is 2.20. The number of rotatable bonds is 2. The molecule has 1 aromatic rings. The van der Waals surface area contributed by atoms with Crippen molar-refractivity contribution >= 4 is 0 Å². The van der Waals surface area contributed by atoms with Crippen LogP contribution < -0.4 is 4.74 Å². The maximum atomic E-state index is 6.13. The molecule has 0 aliphatic heterocycles. The molecule has 1 aliphatic carbocycles. The summed E-state index contributed by atoms with van der Waals surface area (Å²) < 4.78 is 6.13. The smallest absolute Gasteiger partial charge is 0.123 e. The molecule has 0 saturated heterocycles. The Bertz CT molecular complexity index is 398. The number of hydrogen-bond donors (Lipinski definition) is 0. The van der Waals surface area contributed by atoms with Gasteiger partial charge in [0.25, 0.3) is 0 Å². The Morgan fingerprint density at radius 3 is 2.59 bits per heavy atom. The maximum Gasteiger partial charge on any atom is 0.123 e. The fourth-order valence-electron chi connectivity index (χ4n) is 2.23. The highest BCUT2D eigenvalue weighted by Gasteiger charge is 2.20. The molecule has 0 amide bonds. The first-order valence-corrected chi connectivity index (χ1v) is 6.50. The quantitative estimate of drug-likeness (QED) is 0.681. The second-order valence-corrected chi connectivity index (χ2v) is 5.76. The molecule has 1 unspecified atom stereocenters. The van der Waals surface area contributed by atoms with Crippen molar-refractivity contribution in [1.29, 1.82) is 0 Å². The monoisotopic (exact) mass is 230 g/mol. The fourth-order valence-corrected chi connectivity index (χ4v) is 2.23. The van der Waals surface area contributed by atoms with Crippen LogP contribution in [0.4, 0.5) is 0 Å². The summed E-state index contributed by atoms with van der Waals surface area (Å²) in [6, 6.07) is 8.40. The summed E-state index contributed by atoms with van der Waals surface area (Å²) in [5.41, 5.74) is 1.42. The van der Waals surface area contributed by atoms with E-state index in [4.69, 9.17) is 4.74 Å². The Morgan fingerprint density at radius 2 is 1.94 bits per heavy atom. The SMILES string of the molecule is CC(C)(C)c1ccccc1OC1C=CCCC1. The predicted molar refractivity (Wildman–Crippen MR) is 72.5 cm³/mol. The van der Waals surface area contributed by atoms with E-state index in [2.05, 4.69) is 57.2 Å². The molecule has 17 heavy (non-hydrogen) atoms. The van der Waals surface area contributed by atoms with Crippen LogP contribution in [0.25, 0.3) is 0 Å². The van der Waals surface area contributed by atoms with Gasteiger partial charge in [0.15, 0.2) is 0 Å². The Morgan fingerprint density at radius 1 is 1.18 bits per heavy atom. The van der Waals surface area contributed by atoms with E-state index in [-0.39, 0.29) is 11.5 Å². The molecule has 0 radical (unpaired) electrons. The van der Waals surface area contributed by atoms with Crippen molar-refractivity contribution < 1.29 is 4.74 Å². The van der Waals surface area contributed by atoms with Gasteiger partial charge in [-0.25, -0.2) is 0 Å². The molecule has 92 valence electrons. The number of hydrogen-bond acceptors (Lipinski definition) is 1. The van der Waals surface area contributed by atoms with Gasteiger partial charge in [0.2, 0.25) is 0 Å². The minimum absolute atomic E-state index is 0.134. The predicted octanol–water partition coefficient (Wildman–Crippen LogP) is 4.47. The van der Waals surface area contributed by atoms with E-state index in [1.54, 1.807) is 0 Å². The Hall–Kier alpha value is -1.24. The van der Waals surface area contributed by atoms with Crippen LogP contribution in [0.1, 0.15) is 45.6 Å². The highest BCUT2D eigenvalue weighted by atomic mass is 16.5. The number of para-hydroxylation sites is 1. The lowest BCUT2D eigenvalue weighted by molar-refractivity contribution is 0.225. The van der Waals surface area contributed by atoms with E-state index in [1.807, 2.05) is 0 Å². The Kier molecular flexibility index (Phi) is 3.56.